The number of nitrogens with zero attached hydrogens (tertiary/aromatic N) is 3. The molecule has 102 heavy (non-hydrogen) atoms. The Morgan fingerprint density at radius 1 is 0.569 bits per heavy atom. The Kier molecular flexibility index (Phi) is 31.2. The summed E-state index contributed by atoms with van der Waals surface area (Å²) in [6.07, 6.45) is 2.70. The molecule has 13 amide bonds. The molecule has 31 nitrogen and oxygen atoms in total. The second-order valence-corrected chi connectivity index (χ2v) is 25.8. The Labute approximate surface area is 595 Å². The largest absolute Gasteiger partial charge is 0.508 e. The van der Waals surface area contributed by atoms with Crippen LogP contribution in [0, 0.1) is 5.92 Å². The number of carbonyl (C=O) groups is 12. The van der Waals surface area contributed by atoms with Crippen LogP contribution in [0.2, 0.25) is 5.02 Å². The van der Waals surface area contributed by atoms with Crippen molar-refractivity contribution in [3.8, 4) is 5.75 Å². The van der Waals surface area contributed by atoms with Crippen LogP contribution in [0.3, 0.4) is 0 Å². The van der Waals surface area contributed by atoms with Gasteiger partial charge in [0.25, 0.3) is 0 Å². The van der Waals surface area contributed by atoms with Crippen molar-refractivity contribution in [2.75, 3.05) is 26.2 Å². The monoisotopic (exact) mass is 1430 g/mol. The van der Waals surface area contributed by atoms with E-state index in [1.807, 2.05) is 42.5 Å². The third-order valence-corrected chi connectivity index (χ3v) is 16.9. The number of amides is 13. The van der Waals surface area contributed by atoms with Crippen molar-refractivity contribution in [3.05, 3.63) is 143 Å². The Morgan fingerprint density at radius 3 is 1.63 bits per heavy atom. The molecule has 6 rings (SSSR count). The van der Waals surface area contributed by atoms with Crippen molar-refractivity contribution >= 4 is 99.3 Å². The predicted molar refractivity (Wildman–Crippen MR) is 378 cm³/mol. The minimum Gasteiger partial charge on any atom is -0.508 e. The van der Waals surface area contributed by atoms with E-state index in [0.717, 1.165) is 10.8 Å². The molecule has 5 aromatic rings. The lowest BCUT2D eigenvalue weighted by Gasteiger charge is -2.31. The van der Waals surface area contributed by atoms with Gasteiger partial charge in [-0.2, -0.15) is 0 Å². The van der Waals surface area contributed by atoms with Gasteiger partial charge in [0.1, 0.15) is 66.2 Å². The summed E-state index contributed by atoms with van der Waals surface area (Å²) in [4.78, 5) is 176. The van der Waals surface area contributed by atoms with E-state index < -0.39 is 138 Å². The highest BCUT2D eigenvalue weighted by Crippen LogP contribution is 2.22. The third-order valence-electron chi connectivity index (χ3n) is 16.7. The number of aliphatic hydroxyl groups excluding tert-OH is 1. The number of nitrogens with one attached hydrogen (secondary N) is 10. The minimum absolute atomic E-state index is 0.000209. The number of aromatic nitrogens is 1. The highest BCUT2D eigenvalue weighted by molar-refractivity contribution is 6.30. The van der Waals surface area contributed by atoms with Crippen LogP contribution < -0.4 is 76.1 Å². The van der Waals surface area contributed by atoms with Gasteiger partial charge in [0.15, 0.2) is 5.96 Å². The van der Waals surface area contributed by atoms with Gasteiger partial charge in [0.05, 0.1) is 6.61 Å². The van der Waals surface area contributed by atoms with Crippen molar-refractivity contribution in [1.82, 2.24) is 63.1 Å². The summed E-state index contributed by atoms with van der Waals surface area (Å²) in [6, 6.07) is 13.5. The number of pyridine rings is 1. The summed E-state index contributed by atoms with van der Waals surface area (Å²) in [5.41, 5.74) is 23.9. The van der Waals surface area contributed by atoms with E-state index in [4.69, 9.17) is 34.5 Å². The van der Waals surface area contributed by atoms with E-state index in [2.05, 4.69) is 63.1 Å². The molecule has 0 bridgehead atoms. The summed E-state index contributed by atoms with van der Waals surface area (Å²) in [6.45, 7) is 5.15. The smallest absolute Gasteiger partial charge is 0.312 e. The number of hydrogen-bond acceptors (Lipinski definition) is 16. The second kappa shape index (κ2) is 39.7. The molecule has 0 aliphatic carbocycles. The molecule has 0 spiro atoms. The molecule has 10 atom stereocenters. The maximum Gasteiger partial charge on any atom is 0.312 e. The van der Waals surface area contributed by atoms with Crippen molar-refractivity contribution in [2.24, 2.45) is 33.8 Å². The molecular weight excluding hydrogens is 1340 g/mol. The van der Waals surface area contributed by atoms with Gasteiger partial charge in [0.2, 0.25) is 65.0 Å². The maximum absolute atomic E-state index is 14.9. The number of likely N-dealkylation sites (tertiary alicyclic amines) is 1. The number of hydrogen-bond donors (Lipinski definition) is 16. The summed E-state index contributed by atoms with van der Waals surface area (Å²) >= 11 is 6.23. The number of nitrogens with two attached hydrogens (primary N) is 4. The molecule has 2 heterocycles. The standard InChI is InChI=1S/C70H92ClN17O14/c1-39(2)31-52(61(94)82-51(15-9-28-77-69(73)74)68(101)88-30-10-16-58(88)67(100)79-40(3)59(72)92)83-60(93)50(14-8-29-78-70(75)102)81-63(96)54(34-43-20-25-49(91)26-21-43)86-66(99)57(38-89)87-65(98)56(36-45-11-7-27-76-37-45)85-64(97)55(33-42-18-23-48(71)24-19-42)84-62(95)53(80-41(4)90)35-44-17-22-46-12-5-6-13-47(46)32-44/h5-7,11-13,17-27,32,37,39-40,50-58,89,91H,8-10,14-16,28-31,33-36,38H2,1-4H3,(H2,72,92)(H,79,100)(H,80,90)(H,81,96)(H,82,94)(H,83,93)(H,84,95)(H,85,97)(H,86,99)(H,87,98)(H4,73,74,77)(H3,75,78,102)/t40-,50-,51+,52+,53-,54+,55+,56-,57+,58+/m1/s1. The first-order valence-electron chi connectivity index (χ1n) is 33.5. The lowest BCUT2D eigenvalue weighted by molar-refractivity contribution is -0.142. The molecule has 4 aromatic carbocycles. The average Bonchev–Trinajstić information content (AvgIpc) is 1.13. The number of aliphatic imine (C=N–C) groups is 1. The zero-order valence-electron chi connectivity index (χ0n) is 57.2. The second-order valence-electron chi connectivity index (χ2n) is 25.4. The molecule has 0 unspecified atom stereocenters. The zero-order chi connectivity index (χ0) is 74.6. The van der Waals surface area contributed by atoms with Gasteiger partial charge in [0, 0.05) is 69.7 Å². The van der Waals surface area contributed by atoms with Crippen molar-refractivity contribution < 1.29 is 67.7 Å². The fourth-order valence-electron chi connectivity index (χ4n) is 11.4. The summed E-state index contributed by atoms with van der Waals surface area (Å²) in [7, 11) is 0. The molecule has 1 saturated heterocycles. The predicted octanol–water partition coefficient (Wildman–Crippen LogP) is -0.716. The van der Waals surface area contributed by atoms with Gasteiger partial charge in [-0.3, -0.25) is 62.7 Å². The normalized spacial score (nSPS) is 15.2. The highest BCUT2D eigenvalue weighted by Gasteiger charge is 2.40. The number of rotatable bonds is 38. The molecule has 1 fully saturated rings. The van der Waals surface area contributed by atoms with E-state index in [0.29, 0.717) is 33.7 Å². The average molecular weight is 1430 g/mol. The number of primary amides is 2. The van der Waals surface area contributed by atoms with Crippen LogP contribution in [0.25, 0.3) is 10.8 Å². The lowest BCUT2D eigenvalue weighted by atomic mass is 9.99. The molecule has 1 aliphatic heterocycles. The van der Waals surface area contributed by atoms with Crippen molar-refractivity contribution in [1.29, 1.82) is 0 Å². The maximum atomic E-state index is 14.9. The Morgan fingerprint density at radius 2 is 1.07 bits per heavy atom. The molecule has 1 aliphatic rings. The topological polar surface area (TPSA) is 498 Å². The number of phenols is 1. The summed E-state index contributed by atoms with van der Waals surface area (Å²) in [5, 5.41) is 49.5. The number of aromatic hydroxyl groups is 1. The van der Waals surface area contributed by atoms with Gasteiger partial charge < -0.3 is 91.2 Å². The number of urea groups is 1. The van der Waals surface area contributed by atoms with E-state index in [1.54, 1.807) is 50.2 Å². The van der Waals surface area contributed by atoms with E-state index in [-0.39, 0.29) is 101 Å². The highest BCUT2D eigenvalue weighted by atomic mass is 35.5. The van der Waals surface area contributed by atoms with Crippen molar-refractivity contribution in [2.45, 2.75) is 159 Å². The minimum atomic E-state index is -1.85. The quantitative estimate of drug-likeness (QED) is 0.0132. The number of aliphatic hydroxyl groups is 1. The van der Waals surface area contributed by atoms with E-state index in [9.17, 15) is 67.7 Å². The molecule has 20 N–H and O–H groups in total. The molecule has 1 aromatic heterocycles. The lowest BCUT2D eigenvalue weighted by Crippen LogP contribution is -2.61. The van der Waals surface area contributed by atoms with Crippen LogP contribution in [0.1, 0.15) is 94.9 Å². The number of carbonyl (C=O) groups excluding carboxylic acids is 12. The third kappa shape index (κ3) is 26.0. The first-order valence-corrected chi connectivity index (χ1v) is 33.8. The van der Waals surface area contributed by atoms with E-state index in [1.165, 1.54) is 55.4 Å². The van der Waals surface area contributed by atoms with Crippen molar-refractivity contribution in [3.63, 3.8) is 0 Å². The van der Waals surface area contributed by atoms with Gasteiger partial charge >= 0.3 is 6.03 Å². The van der Waals surface area contributed by atoms with Crippen LogP contribution in [0.4, 0.5) is 4.79 Å². The molecule has 32 heteroatoms. The van der Waals surface area contributed by atoms with Crippen LogP contribution in [-0.4, -0.2) is 184 Å². The van der Waals surface area contributed by atoms with Crippen LogP contribution in [-0.2, 0) is 78.4 Å². The Bertz CT molecular complexity index is 3770. The number of fused-ring (bicyclic) bond motifs is 1. The SMILES string of the molecule is CC(=O)N[C@H](Cc1ccc2ccccc2c1)C(=O)N[C@@H](Cc1ccc(Cl)cc1)C(=O)N[C@H](Cc1cccnc1)C(=O)N[C@@H](CO)C(=O)N[C@@H](Cc1ccc(O)cc1)C(=O)N[C@H](CCCNC(N)=O)C(=O)N[C@@H](CC(C)C)C(=O)N[C@@H](CCCN=C(N)N)C(=O)N1CCC[C@H]1C(=O)N[C@H](C)C(N)=O. The molecule has 0 radical (unpaired) electrons. The van der Waals surface area contributed by atoms with Gasteiger partial charge in [-0.1, -0.05) is 98.2 Å². The molecule has 0 saturated carbocycles. The zero-order valence-corrected chi connectivity index (χ0v) is 58.0. The van der Waals surface area contributed by atoms with Crippen LogP contribution in [0.5, 0.6) is 5.75 Å². The van der Waals surface area contributed by atoms with Gasteiger partial charge in [-0.15, -0.1) is 0 Å². The first-order chi connectivity index (χ1) is 48.6. The number of guanidine groups is 1. The molecule has 548 valence electrons. The number of benzene rings is 4. The van der Waals surface area contributed by atoms with Crippen LogP contribution >= 0.6 is 11.6 Å². The summed E-state index contributed by atoms with van der Waals surface area (Å²) in [5.74, 6) is -9.82. The Hall–Kier alpha value is -10.9. The summed E-state index contributed by atoms with van der Waals surface area (Å²) < 4.78 is 0. The van der Waals surface area contributed by atoms with Crippen LogP contribution in [0.15, 0.2) is 121 Å². The fourth-order valence-corrected chi connectivity index (χ4v) is 11.5. The fraction of sp³-hybridized carbons (Fsp3) is 0.429. The van der Waals surface area contributed by atoms with E-state index >= 15 is 0 Å². The number of phenolic OH excluding ortho intramolecular Hbond substituents is 1. The van der Waals surface area contributed by atoms with Gasteiger partial charge in [-0.05, 0) is 121 Å². The Balaban J connectivity index is 1.26. The van der Waals surface area contributed by atoms with Gasteiger partial charge in [-0.25, -0.2) is 4.79 Å². The number of halogens is 1. The first kappa shape index (κ1) is 80.0. The molecular formula is C70H92ClN17O14.